The van der Waals surface area contributed by atoms with Gasteiger partial charge in [-0.05, 0) is 31.2 Å². The van der Waals surface area contributed by atoms with Crippen molar-refractivity contribution in [2.24, 2.45) is 0 Å². The van der Waals surface area contributed by atoms with E-state index >= 15 is 0 Å². The molecule has 0 amide bonds. The molecule has 7 heteroatoms. The summed E-state index contributed by atoms with van der Waals surface area (Å²) in [4.78, 5) is 3.51. The predicted octanol–water partition coefficient (Wildman–Crippen LogP) is 4.08. The first-order chi connectivity index (χ1) is 15.0. The minimum absolute atomic E-state index is 0.639. The zero-order chi connectivity index (χ0) is 21.4. The van der Waals surface area contributed by atoms with Crippen LogP contribution < -0.4 is 0 Å². The van der Waals surface area contributed by atoms with Crippen LogP contribution in [0.2, 0.25) is 5.02 Å². The molecule has 31 heavy (non-hydrogen) atoms. The topological polar surface area (TPSA) is 90.6 Å². The zero-order valence-corrected chi connectivity index (χ0v) is 17.4. The van der Waals surface area contributed by atoms with Gasteiger partial charge in [0.25, 0.3) is 0 Å². The van der Waals surface area contributed by atoms with Gasteiger partial charge in [0.1, 0.15) is 18.3 Å². The molecule has 4 N–H and O–H groups in total. The minimum atomic E-state index is -1.31. The van der Waals surface area contributed by atoms with E-state index in [1.54, 1.807) is 6.92 Å². The van der Waals surface area contributed by atoms with Gasteiger partial charge in [-0.25, -0.2) is 0 Å². The van der Waals surface area contributed by atoms with Crippen molar-refractivity contribution >= 4 is 55.2 Å². The third-order valence-electron chi connectivity index (χ3n) is 6.49. The summed E-state index contributed by atoms with van der Waals surface area (Å²) in [6.45, 7) is 1.70. The Bertz CT molecular complexity index is 1470. The van der Waals surface area contributed by atoms with Gasteiger partial charge in [-0.15, -0.1) is 0 Å². The number of fused-ring (bicyclic) bond motifs is 7. The van der Waals surface area contributed by atoms with E-state index in [9.17, 15) is 15.3 Å². The van der Waals surface area contributed by atoms with E-state index in [0.29, 0.717) is 5.02 Å². The summed E-state index contributed by atoms with van der Waals surface area (Å²) in [5.74, 6) is 0. The Kier molecular flexibility index (Phi) is 4.12. The lowest BCUT2D eigenvalue weighted by Gasteiger charge is -2.40. The van der Waals surface area contributed by atoms with Crippen LogP contribution >= 0.6 is 11.6 Å². The number of hydrogen-bond donors (Lipinski definition) is 4. The highest BCUT2D eigenvalue weighted by atomic mass is 35.5. The molecule has 6 rings (SSSR count). The van der Waals surface area contributed by atoms with Gasteiger partial charge in [-0.1, -0.05) is 41.9 Å². The fourth-order valence-electron chi connectivity index (χ4n) is 4.93. The van der Waals surface area contributed by atoms with Gasteiger partial charge in [0, 0.05) is 32.1 Å². The Labute approximate surface area is 182 Å². The SMILES string of the molecule is C[C@H]1O[C@@H](n2c3ccccc3c3ccc4c5cc(Cl)ccc5[nH]c4c32)[C@H](O)[C@@H](O)[C@@H]1O. The monoisotopic (exact) mass is 436 g/mol. The average Bonchev–Trinajstić information content (AvgIpc) is 3.30. The summed E-state index contributed by atoms with van der Waals surface area (Å²) >= 11 is 6.25. The van der Waals surface area contributed by atoms with Crippen LogP contribution in [0.3, 0.4) is 0 Å². The number of nitrogens with one attached hydrogen (secondary N) is 1. The second-order valence-corrected chi connectivity index (χ2v) is 8.73. The van der Waals surface area contributed by atoms with E-state index in [-0.39, 0.29) is 0 Å². The van der Waals surface area contributed by atoms with Crippen LogP contribution in [0.5, 0.6) is 0 Å². The Morgan fingerprint density at radius 1 is 0.871 bits per heavy atom. The summed E-state index contributed by atoms with van der Waals surface area (Å²) in [6, 6.07) is 17.8. The van der Waals surface area contributed by atoms with Crippen LogP contribution in [-0.2, 0) is 4.74 Å². The Hall–Kier alpha value is -2.61. The smallest absolute Gasteiger partial charge is 0.163 e. The molecule has 3 heterocycles. The van der Waals surface area contributed by atoms with Crippen molar-refractivity contribution in [1.29, 1.82) is 0 Å². The van der Waals surface area contributed by atoms with Crippen LogP contribution in [0.25, 0.3) is 43.6 Å². The number of benzene rings is 3. The number of aromatic amines is 1. The van der Waals surface area contributed by atoms with E-state index in [1.807, 2.05) is 47.0 Å². The predicted molar refractivity (Wildman–Crippen MR) is 121 cm³/mol. The number of ether oxygens (including phenoxy) is 1. The molecule has 0 bridgehead atoms. The molecule has 1 saturated heterocycles. The van der Waals surface area contributed by atoms with Crippen molar-refractivity contribution in [3.05, 3.63) is 59.6 Å². The highest BCUT2D eigenvalue weighted by Gasteiger charge is 2.43. The van der Waals surface area contributed by atoms with E-state index in [0.717, 1.165) is 43.6 Å². The fraction of sp³-hybridized carbons (Fsp3) is 0.250. The zero-order valence-electron chi connectivity index (χ0n) is 16.7. The van der Waals surface area contributed by atoms with E-state index in [4.69, 9.17) is 16.3 Å². The minimum Gasteiger partial charge on any atom is -0.388 e. The Balaban J connectivity index is 1.74. The van der Waals surface area contributed by atoms with Gasteiger partial charge in [-0.2, -0.15) is 0 Å². The van der Waals surface area contributed by atoms with Crippen LogP contribution in [0, 0.1) is 0 Å². The van der Waals surface area contributed by atoms with Gasteiger partial charge in [0.15, 0.2) is 6.23 Å². The number of halogens is 1. The maximum absolute atomic E-state index is 10.9. The third-order valence-corrected chi connectivity index (χ3v) is 6.72. The number of aliphatic hydroxyl groups excluding tert-OH is 3. The summed E-state index contributed by atoms with van der Waals surface area (Å²) in [6.07, 6.45) is -5.27. The van der Waals surface area contributed by atoms with Gasteiger partial charge in [0.2, 0.25) is 0 Å². The average molecular weight is 437 g/mol. The van der Waals surface area contributed by atoms with E-state index < -0.39 is 30.6 Å². The summed E-state index contributed by atoms with van der Waals surface area (Å²) in [7, 11) is 0. The van der Waals surface area contributed by atoms with Crippen LogP contribution in [0.1, 0.15) is 13.2 Å². The quantitative estimate of drug-likeness (QED) is 0.318. The van der Waals surface area contributed by atoms with Crippen molar-refractivity contribution in [2.45, 2.75) is 37.6 Å². The molecule has 3 aromatic carbocycles. The van der Waals surface area contributed by atoms with Gasteiger partial charge in [-0.3, -0.25) is 0 Å². The van der Waals surface area contributed by atoms with Crippen molar-refractivity contribution in [3.63, 3.8) is 0 Å². The standard InChI is InChI=1S/C24H21ClN2O4/c1-11-21(28)22(29)23(30)24(31-11)27-18-5-3-2-4-13(18)15-8-7-14-16-10-12(25)6-9-17(16)26-19(14)20(15)27/h2-11,21-24,26,28-30H,1H3/t11-,21-,22+,23-,24-/m1/s1. The lowest BCUT2D eigenvalue weighted by atomic mass is 9.99. The van der Waals surface area contributed by atoms with Crippen molar-refractivity contribution in [2.75, 3.05) is 0 Å². The molecule has 1 aliphatic rings. The van der Waals surface area contributed by atoms with Crippen LogP contribution in [0.4, 0.5) is 0 Å². The number of rotatable bonds is 1. The van der Waals surface area contributed by atoms with Crippen molar-refractivity contribution in [3.8, 4) is 0 Å². The number of para-hydroxylation sites is 1. The first-order valence-corrected chi connectivity index (χ1v) is 10.7. The van der Waals surface area contributed by atoms with Crippen LogP contribution in [0.15, 0.2) is 54.6 Å². The Morgan fingerprint density at radius 3 is 2.48 bits per heavy atom. The van der Waals surface area contributed by atoms with Crippen molar-refractivity contribution < 1.29 is 20.1 Å². The second kappa shape index (κ2) is 6.69. The molecule has 1 aliphatic heterocycles. The highest BCUT2D eigenvalue weighted by Crippen LogP contribution is 2.41. The lowest BCUT2D eigenvalue weighted by molar-refractivity contribution is -0.238. The number of aliphatic hydroxyl groups is 3. The summed E-state index contributed by atoms with van der Waals surface area (Å²) < 4.78 is 7.98. The van der Waals surface area contributed by atoms with Gasteiger partial charge < -0.3 is 29.6 Å². The molecule has 158 valence electrons. The largest absolute Gasteiger partial charge is 0.388 e. The molecule has 2 aromatic heterocycles. The maximum atomic E-state index is 10.9. The van der Waals surface area contributed by atoms with Gasteiger partial charge >= 0.3 is 0 Å². The molecule has 1 fully saturated rings. The van der Waals surface area contributed by atoms with Crippen molar-refractivity contribution in [1.82, 2.24) is 9.55 Å². The molecular weight excluding hydrogens is 416 g/mol. The first kappa shape index (κ1) is 19.1. The number of aromatic nitrogens is 2. The first-order valence-electron chi connectivity index (χ1n) is 10.3. The van der Waals surface area contributed by atoms with Gasteiger partial charge in [0.05, 0.1) is 22.7 Å². The summed E-state index contributed by atoms with van der Waals surface area (Å²) in [5.41, 5.74) is 3.60. The normalized spacial score (nSPS) is 27.1. The van der Waals surface area contributed by atoms with Crippen LogP contribution in [-0.4, -0.2) is 49.3 Å². The molecule has 0 unspecified atom stereocenters. The summed E-state index contributed by atoms with van der Waals surface area (Å²) in [5, 5.41) is 36.2. The maximum Gasteiger partial charge on any atom is 0.163 e. The van der Waals surface area contributed by atoms with E-state index in [1.165, 1.54) is 0 Å². The number of hydrogen-bond acceptors (Lipinski definition) is 4. The molecule has 5 atom stereocenters. The fourth-order valence-corrected chi connectivity index (χ4v) is 5.10. The third kappa shape index (κ3) is 2.60. The second-order valence-electron chi connectivity index (χ2n) is 8.29. The lowest BCUT2D eigenvalue weighted by Crippen LogP contribution is -2.54. The molecule has 6 nitrogen and oxygen atoms in total. The number of H-pyrrole nitrogens is 1. The molecule has 0 spiro atoms. The van der Waals surface area contributed by atoms with E-state index in [2.05, 4.69) is 17.1 Å². The molecule has 0 radical (unpaired) electrons. The number of nitrogens with zero attached hydrogens (tertiary/aromatic N) is 1. The molecule has 5 aromatic rings. The molecular formula is C24H21ClN2O4. The Morgan fingerprint density at radius 2 is 1.65 bits per heavy atom. The molecule has 0 aliphatic carbocycles. The molecule has 0 saturated carbocycles. The highest BCUT2D eigenvalue weighted by molar-refractivity contribution is 6.32.